The van der Waals surface area contributed by atoms with E-state index in [1.165, 1.54) is 5.57 Å². The third-order valence-corrected chi connectivity index (χ3v) is 5.85. The van der Waals surface area contributed by atoms with E-state index in [4.69, 9.17) is 0 Å². The van der Waals surface area contributed by atoms with Crippen molar-refractivity contribution >= 4 is 17.3 Å². The molecule has 154 valence electrons. The van der Waals surface area contributed by atoms with Crippen LogP contribution >= 0.6 is 0 Å². The maximum atomic E-state index is 12.7. The van der Waals surface area contributed by atoms with Gasteiger partial charge in [0.05, 0.1) is 0 Å². The number of anilines is 2. The molecule has 31 heavy (non-hydrogen) atoms. The molecule has 0 bridgehead atoms. The van der Waals surface area contributed by atoms with Crippen LogP contribution in [0.4, 0.5) is 11.4 Å². The molecule has 2 aliphatic carbocycles. The van der Waals surface area contributed by atoms with Gasteiger partial charge in [-0.25, -0.2) is 0 Å². The summed E-state index contributed by atoms with van der Waals surface area (Å²) in [5.74, 6) is 0.462. The van der Waals surface area contributed by atoms with Crippen LogP contribution in [0, 0.1) is 5.92 Å². The van der Waals surface area contributed by atoms with Crippen molar-refractivity contribution in [3.8, 4) is 11.1 Å². The number of nitrogens with zero attached hydrogens (tertiary/aromatic N) is 1. The van der Waals surface area contributed by atoms with Gasteiger partial charge < -0.3 is 10.6 Å². The van der Waals surface area contributed by atoms with E-state index in [-0.39, 0.29) is 11.9 Å². The second-order valence-corrected chi connectivity index (χ2v) is 8.13. The number of rotatable bonds is 6. The van der Waals surface area contributed by atoms with Crippen LogP contribution in [0.15, 0.2) is 96.9 Å². The molecule has 0 saturated heterocycles. The Labute approximate surface area is 182 Å². The van der Waals surface area contributed by atoms with E-state index in [9.17, 15) is 4.79 Å². The van der Waals surface area contributed by atoms with Crippen LogP contribution in [0.5, 0.6) is 0 Å². The molecule has 2 N–H and O–H groups in total. The number of aromatic nitrogens is 1. The van der Waals surface area contributed by atoms with Crippen LogP contribution in [0.2, 0.25) is 0 Å². The SMILES string of the molecule is O=C(N[C@@H]1C[C@H]1C1=CCCC=C1)c1cccc(Nc2ccc(-c3cccnc3)cc2)c1. The minimum atomic E-state index is -0.0107. The Morgan fingerprint density at radius 3 is 2.61 bits per heavy atom. The van der Waals surface area contributed by atoms with Crippen molar-refractivity contribution in [1.82, 2.24) is 10.3 Å². The predicted molar refractivity (Wildman–Crippen MR) is 125 cm³/mol. The fourth-order valence-electron chi connectivity index (χ4n) is 4.07. The molecular formula is C27H25N3O. The lowest BCUT2D eigenvalue weighted by atomic mass is 10.0. The molecule has 1 amide bonds. The van der Waals surface area contributed by atoms with Gasteiger partial charge in [0, 0.05) is 41.3 Å². The molecule has 1 fully saturated rings. The summed E-state index contributed by atoms with van der Waals surface area (Å²) in [5.41, 5.74) is 6.13. The summed E-state index contributed by atoms with van der Waals surface area (Å²) in [6.45, 7) is 0. The predicted octanol–water partition coefficient (Wildman–Crippen LogP) is 5.89. The van der Waals surface area contributed by atoms with Gasteiger partial charge in [-0.2, -0.15) is 0 Å². The second kappa shape index (κ2) is 8.60. The molecule has 2 atom stereocenters. The molecular weight excluding hydrogens is 382 g/mol. The van der Waals surface area contributed by atoms with Gasteiger partial charge in [0.15, 0.2) is 0 Å². The molecule has 2 aromatic carbocycles. The summed E-state index contributed by atoms with van der Waals surface area (Å²) in [5, 5.41) is 6.58. The molecule has 2 aliphatic rings. The summed E-state index contributed by atoms with van der Waals surface area (Å²) >= 11 is 0. The number of pyridine rings is 1. The van der Waals surface area contributed by atoms with Gasteiger partial charge in [-0.3, -0.25) is 9.78 Å². The number of amides is 1. The molecule has 0 spiro atoms. The van der Waals surface area contributed by atoms with Gasteiger partial charge in [0.25, 0.3) is 5.91 Å². The van der Waals surface area contributed by atoms with Gasteiger partial charge in [0.2, 0.25) is 0 Å². The van der Waals surface area contributed by atoms with Gasteiger partial charge in [-0.05, 0) is 72.4 Å². The fraction of sp³-hybridized carbons (Fsp3) is 0.185. The Morgan fingerprint density at radius 2 is 1.84 bits per heavy atom. The zero-order chi connectivity index (χ0) is 21.0. The Balaban J connectivity index is 1.22. The lowest BCUT2D eigenvalue weighted by Gasteiger charge is -2.11. The highest BCUT2D eigenvalue weighted by Crippen LogP contribution is 2.39. The van der Waals surface area contributed by atoms with Crippen molar-refractivity contribution < 1.29 is 4.79 Å². The Kier molecular flexibility index (Phi) is 5.36. The Bertz CT molecular complexity index is 1130. The lowest BCUT2D eigenvalue weighted by Crippen LogP contribution is -2.27. The van der Waals surface area contributed by atoms with Crippen LogP contribution in [-0.2, 0) is 0 Å². The first kappa shape index (κ1) is 19.3. The molecule has 1 heterocycles. The number of carbonyl (C=O) groups is 1. The van der Waals surface area contributed by atoms with E-state index in [0.29, 0.717) is 11.5 Å². The Hall–Kier alpha value is -3.66. The van der Waals surface area contributed by atoms with Crippen LogP contribution in [-0.4, -0.2) is 16.9 Å². The quantitative estimate of drug-likeness (QED) is 0.536. The van der Waals surface area contributed by atoms with E-state index < -0.39 is 0 Å². The van der Waals surface area contributed by atoms with Crippen LogP contribution in [0.1, 0.15) is 29.6 Å². The van der Waals surface area contributed by atoms with Crippen molar-refractivity contribution in [3.63, 3.8) is 0 Å². The topological polar surface area (TPSA) is 54.0 Å². The maximum absolute atomic E-state index is 12.7. The first-order valence-electron chi connectivity index (χ1n) is 10.8. The molecule has 1 aromatic heterocycles. The van der Waals surface area contributed by atoms with E-state index in [1.54, 1.807) is 6.20 Å². The van der Waals surface area contributed by atoms with Gasteiger partial charge >= 0.3 is 0 Å². The van der Waals surface area contributed by atoms with Crippen LogP contribution in [0.25, 0.3) is 11.1 Å². The number of hydrogen-bond acceptors (Lipinski definition) is 3. The molecule has 4 heteroatoms. The Morgan fingerprint density at radius 1 is 0.935 bits per heavy atom. The van der Waals surface area contributed by atoms with Gasteiger partial charge in [-0.1, -0.05) is 42.5 Å². The van der Waals surface area contributed by atoms with Crippen LogP contribution in [0.3, 0.4) is 0 Å². The minimum Gasteiger partial charge on any atom is -0.356 e. The standard InChI is InChI=1S/C27H25N3O/c31-27(30-26-17-25(26)20-6-2-1-3-7-20)21-8-4-10-24(16-21)29-23-13-11-19(12-14-23)22-9-5-15-28-18-22/h2,4-16,18,25-26,29H,1,3,17H2,(H,30,31)/t25-,26+/m0/s1. The van der Waals surface area contributed by atoms with Crippen molar-refractivity contribution in [2.45, 2.75) is 25.3 Å². The molecule has 5 rings (SSSR count). The van der Waals surface area contributed by atoms with Gasteiger partial charge in [-0.15, -0.1) is 0 Å². The third kappa shape index (κ3) is 4.58. The molecule has 0 unspecified atom stereocenters. The average Bonchev–Trinajstić information content (AvgIpc) is 3.60. The number of carbonyl (C=O) groups excluding carboxylic acids is 1. The van der Waals surface area contributed by atoms with Crippen molar-refractivity contribution in [3.05, 3.63) is 102 Å². The van der Waals surface area contributed by atoms with Crippen molar-refractivity contribution in [2.24, 2.45) is 5.92 Å². The first-order valence-corrected chi connectivity index (χ1v) is 10.8. The number of hydrogen-bond donors (Lipinski definition) is 2. The smallest absolute Gasteiger partial charge is 0.251 e. The monoisotopic (exact) mass is 407 g/mol. The normalized spacial score (nSPS) is 19.4. The second-order valence-electron chi connectivity index (χ2n) is 8.13. The van der Waals surface area contributed by atoms with Crippen LogP contribution < -0.4 is 10.6 Å². The summed E-state index contributed by atoms with van der Waals surface area (Å²) in [6, 6.07) is 20.1. The first-order chi connectivity index (χ1) is 15.3. The average molecular weight is 408 g/mol. The molecule has 3 aromatic rings. The van der Waals surface area contributed by atoms with Crippen molar-refractivity contribution in [1.29, 1.82) is 0 Å². The summed E-state index contributed by atoms with van der Waals surface area (Å²) in [7, 11) is 0. The highest BCUT2D eigenvalue weighted by molar-refractivity contribution is 5.95. The summed E-state index contributed by atoms with van der Waals surface area (Å²) < 4.78 is 0. The molecule has 0 radical (unpaired) electrons. The zero-order valence-electron chi connectivity index (χ0n) is 17.3. The summed E-state index contributed by atoms with van der Waals surface area (Å²) in [4.78, 5) is 16.9. The number of nitrogens with one attached hydrogen (secondary N) is 2. The van der Waals surface area contributed by atoms with E-state index in [1.807, 2.05) is 54.7 Å². The van der Waals surface area contributed by atoms with Crippen molar-refractivity contribution in [2.75, 3.05) is 5.32 Å². The van der Waals surface area contributed by atoms with E-state index in [2.05, 4.69) is 46.0 Å². The van der Waals surface area contributed by atoms with E-state index in [0.717, 1.165) is 41.8 Å². The molecule has 0 aliphatic heterocycles. The van der Waals surface area contributed by atoms with Gasteiger partial charge in [0.1, 0.15) is 0 Å². The summed E-state index contributed by atoms with van der Waals surface area (Å²) in [6.07, 6.45) is 13.6. The third-order valence-electron chi connectivity index (χ3n) is 5.85. The maximum Gasteiger partial charge on any atom is 0.251 e. The largest absolute Gasteiger partial charge is 0.356 e. The fourth-order valence-corrected chi connectivity index (χ4v) is 4.07. The molecule has 1 saturated carbocycles. The molecule has 4 nitrogen and oxygen atoms in total. The number of allylic oxidation sites excluding steroid dienone is 3. The number of benzene rings is 2. The van der Waals surface area contributed by atoms with E-state index >= 15 is 0 Å². The highest BCUT2D eigenvalue weighted by atomic mass is 16.1. The lowest BCUT2D eigenvalue weighted by molar-refractivity contribution is 0.0950. The minimum absolute atomic E-state index is 0.0107. The highest BCUT2D eigenvalue weighted by Gasteiger charge is 2.40. The zero-order valence-corrected chi connectivity index (χ0v) is 17.3.